The predicted octanol–water partition coefficient (Wildman–Crippen LogP) is -4.19. The Kier molecular flexibility index (Phi) is 23.5. The molecule has 0 spiro atoms. The Hall–Kier alpha value is -4.97. The molecular formula is C39H69N9O14. The predicted molar refractivity (Wildman–Crippen MR) is 221 cm³/mol. The highest BCUT2D eigenvalue weighted by Gasteiger charge is 2.39. The monoisotopic (exact) mass is 887 g/mol. The van der Waals surface area contributed by atoms with Gasteiger partial charge in [-0.05, 0) is 49.9 Å². The molecule has 14 N–H and O–H groups in total. The van der Waals surface area contributed by atoms with Crippen molar-refractivity contribution in [3.8, 4) is 0 Å². The van der Waals surface area contributed by atoms with E-state index < -0.39 is 146 Å². The van der Waals surface area contributed by atoms with Gasteiger partial charge in [0.1, 0.15) is 36.3 Å². The molecule has 0 saturated carbocycles. The molecular weight excluding hydrogens is 818 g/mol. The fourth-order valence-corrected chi connectivity index (χ4v) is 6.41. The number of amides is 8. The highest BCUT2D eigenvalue weighted by molar-refractivity contribution is 5.98. The molecule has 1 aliphatic rings. The molecule has 0 radical (unpaired) electrons. The summed E-state index contributed by atoms with van der Waals surface area (Å²) in [6.45, 7) is 12.3. The lowest BCUT2D eigenvalue weighted by Gasteiger charge is -2.40. The molecule has 0 aromatic rings. The second-order valence-corrected chi connectivity index (χ2v) is 16.9. The number of aliphatic hydroxyl groups is 3. The number of hydrogen-bond donors (Lipinski definition) is 13. The standard InChI is InChI=1S/C39H69N9O14/c1-17(2)10-23(42-32(54)21(8)40)33(55)43-24(11-18(3)4)35(57)48-31(19(5)6)37(59)44-25(34(56)45-27(14-49)36(58)46-28(15-50)39(60)61)13-30(53)47-38-26(41-22(9)52)12-20(7)29(16-51)62-38/h17-21,23-29,31,38,49-51H,10-16,40H2,1-9H3,(H,41,52)(H,42,54)(H,43,55)(H,44,59)(H,45,56)(H,46,58)(H,47,53)(H,48,57)(H,60,61). The van der Waals surface area contributed by atoms with Crippen molar-refractivity contribution in [2.45, 2.75) is 149 Å². The summed E-state index contributed by atoms with van der Waals surface area (Å²) < 4.78 is 5.85. The van der Waals surface area contributed by atoms with Gasteiger partial charge >= 0.3 is 5.97 Å². The second-order valence-electron chi connectivity index (χ2n) is 16.9. The van der Waals surface area contributed by atoms with Crippen molar-refractivity contribution in [1.82, 2.24) is 42.5 Å². The summed E-state index contributed by atoms with van der Waals surface area (Å²) >= 11 is 0. The van der Waals surface area contributed by atoms with Crippen molar-refractivity contribution in [1.29, 1.82) is 0 Å². The van der Waals surface area contributed by atoms with Gasteiger partial charge in [0.2, 0.25) is 47.3 Å². The number of nitrogens with two attached hydrogens (primary N) is 1. The number of ether oxygens (including phenoxy) is 1. The molecule has 11 unspecified atom stereocenters. The van der Waals surface area contributed by atoms with Gasteiger partial charge in [-0.15, -0.1) is 0 Å². The third-order valence-corrected chi connectivity index (χ3v) is 9.79. The number of carbonyl (C=O) groups excluding carboxylic acids is 8. The normalized spacial score (nSPS) is 20.9. The first kappa shape index (κ1) is 55.0. The largest absolute Gasteiger partial charge is 0.480 e. The number of aliphatic hydroxyl groups excluding tert-OH is 3. The summed E-state index contributed by atoms with van der Waals surface area (Å²) in [7, 11) is 0. The number of rotatable bonds is 25. The third-order valence-electron chi connectivity index (χ3n) is 9.79. The Bertz CT molecular complexity index is 1560. The Balaban J connectivity index is 3.51. The Morgan fingerprint density at radius 3 is 1.53 bits per heavy atom. The van der Waals surface area contributed by atoms with Gasteiger partial charge in [-0.3, -0.25) is 38.4 Å². The molecule has 11 atom stereocenters. The summed E-state index contributed by atoms with van der Waals surface area (Å²) in [5.74, 6) is -9.58. The summed E-state index contributed by atoms with van der Waals surface area (Å²) in [6.07, 6.45) is -2.19. The van der Waals surface area contributed by atoms with Gasteiger partial charge in [0.15, 0.2) is 6.23 Å². The molecule has 0 aromatic carbocycles. The van der Waals surface area contributed by atoms with E-state index >= 15 is 0 Å². The summed E-state index contributed by atoms with van der Waals surface area (Å²) in [5, 5.41) is 58.0. The summed E-state index contributed by atoms with van der Waals surface area (Å²) in [4.78, 5) is 117. The zero-order valence-corrected chi connectivity index (χ0v) is 37.0. The van der Waals surface area contributed by atoms with Crippen molar-refractivity contribution < 1.29 is 68.3 Å². The van der Waals surface area contributed by atoms with Gasteiger partial charge in [-0.2, -0.15) is 0 Å². The van der Waals surface area contributed by atoms with Crippen LogP contribution >= 0.6 is 0 Å². The fraction of sp³-hybridized carbons (Fsp3) is 0.769. The highest BCUT2D eigenvalue weighted by Crippen LogP contribution is 2.24. The number of carbonyl (C=O) groups is 9. The quantitative estimate of drug-likeness (QED) is 0.0414. The van der Waals surface area contributed by atoms with E-state index in [9.17, 15) is 63.6 Å². The maximum absolute atomic E-state index is 14.0. The molecule has 1 aliphatic heterocycles. The lowest BCUT2D eigenvalue weighted by molar-refractivity contribution is -0.150. The maximum Gasteiger partial charge on any atom is 0.328 e. The van der Waals surface area contributed by atoms with Crippen molar-refractivity contribution in [2.75, 3.05) is 19.8 Å². The zero-order chi connectivity index (χ0) is 47.6. The van der Waals surface area contributed by atoms with Crippen LogP contribution in [0.2, 0.25) is 0 Å². The second kappa shape index (κ2) is 26.5. The van der Waals surface area contributed by atoms with E-state index in [1.165, 1.54) is 13.8 Å². The topological polar surface area (TPSA) is 366 Å². The van der Waals surface area contributed by atoms with E-state index in [0.29, 0.717) is 0 Å². The van der Waals surface area contributed by atoms with Crippen LogP contribution in [-0.4, -0.2) is 154 Å². The molecule has 8 amide bonds. The van der Waals surface area contributed by atoms with E-state index in [1.807, 2.05) is 19.2 Å². The van der Waals surface area contributed by atoms with Gasteiger partial charge in [0.05, 0.1) is 44.4 Å². The lowest BCUT2D eigenvalue weighted by atomic mass is 9.92. The van der Waals surface area contributed by atoms with Gasteiger partial charge < -0.3 is 73.4 Å². The first-order valence-corrected chi connectivity index (χ1v) is 20.7. The molecule has 354 valence electrons. The van der Waals surface area contributed by atoms with Gasteiger partial charge in [0.25, 0.3) is 0 Å². The summed E-state index contributed by atoms with van der Waals surface area (Å²) in [6, 6.07) is -10.8. The maximum atomic E-state index is 14.0. The van der Waals surface area contributed by atoms with Crippen molar-refractivity contribution in [3.05, 3.63) is 0 Å². The zero-order valence-electron chi connectivity index (χ0n) is 37.0. The smallest absolute Gasteiger partial charge is 0.328 e. The van der Waals surface area contributed by atoms with Crippen molar-refractivity contribution in [2.24, 2.45) is 29.4 Å². The number of hydrogen-bond acceptors (Lipinski definition) is 14. The van der Waals surface area contributed by atoms with Crippen molar-refractivity contribution in [3.63, 3.8) is 0 Å². The molecule has 1 rings (SSSR count). The minimum Gasteiger partial charge on any atom is -0.480 e. The summed E-state index contributed by atoms with van der Waals surface area (Å²) in [5.41, 5.74) is 5.70. The van der Waals surface area contributed by atoms with Crippen LogP contribution in [0.1, 0.15) is 88.0 Å². The first-order valence-electron chi connectivity index (χ1n) is 20.7. The van der Waals surface area contributed by atoms with Crippen LogP contribution < -0.4 is 48.3 Å². The van der Waals surface area contributed by atoms with Gasteiger partial charge in [-0.1, -0.05) is 48.5 Å². The molecule has 62 heavy (non-hydrogen) atoms. The fourth-order valence-electron chi connectivity index (χ4n) is 6.41. The van der Waals surface area contributed by atoms with Crippen LogP contribution in [0.3, 0.4) is 0 Å². The molecule has 1 saturated heterocycles. The lowest BCUT2D eigenvalue weighted by Crippen LogP contribution is -2.62. The molecule has 1 heterocycles. The van der Waals surface area contributed by atoms with Gasteiger partial charge in [0, 0.05) is 6.92 Å². The molecule has 23 nitrogen and oxygen atoms in total. The van der Waals surface area contributed by atoms with Crippen molar-refractivity contribution >= 4 is 53.2 Å². The van der Waals surface area contributed by atoms with Crippen LogP contribution in [0.4, 0.5) is 0 Å². The van der Waals surface area contributed by atoms with E-state index in [2.05, 4.69) is 37.2 Å². The SMILES string of the molecule is CC(=O)NC1CC(C)C(CO)OC1NC(=O)CC(NC(=O)C(NC(=O)C(CC(C)C)NC(=O)C(CC(C)C)NC(=O)C(C)N)C(C)C)C(=O)NC(CO)C(=O)NC(CO)C(=O)O. The third kappa shape index (κ3) is 18.6. The molecule has 23 heteroatoms. The number of carboxylic acid groups (broad SMARTS) is 1. The van der Waals surface area contributed by atoms with E-state index in [-0.39, 0.29) is 37.0 Å². The molecule has 0 aliphatic carbocycles. The number of carboxylic acids is 1. The Morgan fingerprint density at radius 2 is 1.08 bits per heavy atom. The van der Waals surface area contributed by atoms with Crippen LogP contribution in [0.25, 0.3) is 0 Å². The highest BCUT2D eigenvalue weighted by atomic mass is 16.5. The molecule has 1 fully saturated rings. The molecule has 0 aromatic heterocycles. The number of nitrogens with one attached hydrogen (secondary N) is 8. The average molecular weight is 888 g/mol. The Morgan fingerprint density at radius 1 is 0.629 bits per heavy atom. The van der Waals surface area contributed by atoms with Crippen LogP contribution in [0, 0.1) is 23.7 Å². The number of aliphatic carboxylic acids is 1. The van der Waals surface area contributed by atoms with Crippen LogP contribution in [-0.2, 0) is 47.9 Å². The van der Waals surface area contributed by atoms with Crippen LogP contribution in [0.15, 0.2) is 0 Å². The minimum atomic E-state index is -1.84. The Labute approximate surface area is 361 Å². The first-order chi connectivity index (χ1) is 28.8. The minimum absolute atomic E-state index is 0.0445. The van der Waals surface area contributed by atoms with Crippen LogP contribution in [0.5, 0.6) is 0 Å². The van der Waals surface area contributed by atoms with Gasteiger partial charge in [-0.25, -0.2) is 4.79 Å². The average Bonchev–Trinajstić information content (AvgIpc) is 3.16. The van der Waals surface area contributed by atoms with E-state index in [4.69, 9.17) is 10.5 Å². The van der Waals surface area contributed by atoms with E-state index in [1.54, 1.807) is 34.6 Å². The van der Waals surface area contributed by atoms with E-state index in [0.717, 1.165) is 0 Å². The molecule has 0 bridgehead atoms.